The first-order valence-corrected chi connectivity index (χ1v) is 5.22. The standard InChI is InChI=1S/C9H9ClN2S/c1-6-2-3-8(13-6)9(10)7-4-11-12-5-7/h2-5,9H,1H3,(H,11,12). The molecule has 0 amide bonds. The number of aromatic amines is 1. The summed E-state index contributed by atoms with van der Waals surface area (Å²) in [5.74, 6) is 0. The highest BCUT2D eigenvalue weighted by molar-refractivity contribution is 7.12. The molecule has 1 atom stereocenters. The molecule has 0 saturated carbocycles. The predicted molar refractivity (Wildman–Crippen MR) is 55.3 cm³/mol. The van der Waals surface area contributed by atoms with Gasteiger partial charge in [-0.25, -0.2) is 0 Å². The number of aromatic nitrogens is 2. The van der Waals surface area contributed by atoms with E-state index in [4.69, 9.17) is 11.6 Å². The normalized spacial score (nSPS) is 13.1. The van der Waals surface area contributed by atoms with Crippen LogP contribution in [0, 0.1) is 6.92 Å². The van der Waals surface area contributed by atoms with Crippen molar-refractivity contribution in [2.75, 3.05) is 0 Å². The van der Waals surface area contributed by atoms with Crippen molar-refractivity contribution in [1.82, 2.24) is 10.2 Å². The molecular weight excluding hydrogens is 204 g/mol. The number of rotatable bonds is 2. The number of thiophene rings is 1. The summed E-state index contributed by atoms with van der Waals surface area (Å²) in [6, 6.07) is 4.14. The topological polar surface area (TPSA) is 28.7 Å². The summed E-state index contributed by atoms with van der Waals surface area (Å²) in [6.07, 6.45) is 3.58. The maximum atomic E-state index is 6.24. The molecule has 1 N–H and O–H groups in total. The number of H-pyrrole nitrogens is 1. The first-order chi connectivity index (χ1) is 6.27. The molecule has 0 radical (unpaired) electrons. The average Bonchev–Trinajstić information content (AvgIpc) is 2.72. The van der Waals surface area contributed by atoms with E-state index in [0.29, 0.717) is 0 Å². The summed E-state index contributed by atoms with van der Waals surface area (Å²) in [7, 11) is 0. The fraction of sp³-hybridized carbons (Fsp3) is 0.222. The van der Waals surface area contributed by atoms with Gasteiger partial charge < -0.3 is 0 Å². The molecule has 0 aliphatic rings. The molecule has 13 heavy (non-hydrogen) atoms. The minimum atomic E-state index is -0.0718. The molecule has 0 aliphatic heterocycles. The van der Waals surface area contributed by atoms with Crippen LogP contribution in [0.4, 0.5) is 0 Å². The molecular formula is C9H9ClN2S. The van der Waals surface area contributed by atoms with Crippen molar-refractivity contribution in [2.45, 2.75) is 12.3 Å². The lowest BCUT2D eigenvalue weighted by Gasteiger charge is -2.02. The highest BCUT2D eigenvalue weighted by atomic mass is 35.5. The molecule has 2 heterocycles. The molecule has 68 valence electrons. The minimum absolute atomic E-state index is 0.0718. The molecule has 1 unspecified atom stereocenters. The Bertz CT molecular complexity index is 380. The number of alkyl halides is 1. The second-order valence-electron chi connectivity index (χ2n) is 2.84. The Morgan fingerprint density at radius 2 is 2.38 bits per heavy atom. The number of aryl methyl sites for hydroxylation is 1. The van der Waals surface area contributed by atoms with Gasteiger partial charge in [0.15, 0.2) is 0 Å². The van der Waals surface area contributed by atoms with Crippen LogP contribution in [0.5, 0.6) is 0 Å². The first-order valence-electron chi connectivity index (χ1n) is 3.96. The van der Waals surface area contributed by atoms with Crippen LogP contribution in [-0.4, -0.2) is 10.2 Å². The molecule has 0 spiro atoms. The van der Waals surface area contributed by atoms with Gasteiger partial charge in [0.25, 0.3) is 0 Å². The van der Waals surface area contributed by atoms with Gasteiger partial charge >= 0.3 is 0 Å². The monoisotopic (exact) mass is 212 g/mol. The van der Waals surface area contributed by atoms with Crippen molar-refractivity contribution in [2.24, 2.45) is 0 Å². The predicted octanol–water partition coefficient (Wildman–Crippen LogP) is 3.11. The first kappa shape index (κ1) is 8.78. The van der Waals surface area contributed by atoms with E-state index in [0.717, 1.165) is 5.56 Å². The third kappa shape index (κ3) is 1.76. The fourth-order valence-corrected chi connectivity index (χ4v) is 2.36. The van der Waals surface area contributed by atoms with Crippen LogP contribution < -0.4 is 0 Å². The zero-order chi connectivity index (χ0) is 9.26. The van der Waals surface area contributed by atoms with Crippen molar-refractivity contribution >= 4 is 22.9 Å². The summed E-state index contributed by atoms with van der Waals surface area (Å²) < 4.78 is 0. The van der Waals surface area contributed by atoms with Crippen molar-refractivity contribution in [1.29, 1.82) is 0 Å². The second-order valence-corrected chi connectivity index (χ2v) is 4.60. The lowest BCUT2D eigenvalue weighted by atomic mass is 10.2. The average molecular weight is 213 g/mol. The van der Waals surface area contributed by atoms with Gasteiger partial charge in [0, 0.05) is 21.5 Å². The largest absolute Gasteiger partial charge is 0.285 e. The van der Waals surface area contributed by atoms with E-state index in [2.05, 4.69) is 29.3 Å². The van der Waals surface area contributed by atoms with Gasteiger partial charge in [-0.3, -0.25) is 5.10 Å². The van der Waals surface area contributed by atoms with Gasteiger partial charge in [-0.1, -0.05) is 0 Å². The van der Waals surface area contributed by atoms with Crippen molar-refractivity contribution in [3.8, 4) is 0 Å². The van der Waals surface area contributed by atoms with Crippen LogP contribution in [0.15, 0.2) is 24.5 Å². The molecule has 2 aromatic rings. The van der Waals surface area contributed by atoms with E-state index in [1.54, 1.807) is 17.5 Å². The zero-order valence-electron chi connectivity index (χ0n) is 7.12. The van der Waals surface area contributed by atoms with E-state index >= 15 is 0 Å². The van der Waals surface area contributed by atoms with Crippen LogP contribution in [0.1, 0.15) is 20.7 Å². The highest BCUT2D eigenvalue weighted by Gasteiger charge is 2.12. The van der Waals surface area contributed by atoms with Crippen molar-refractivity contribution in [3.63, 3.8) is 0 Å². The van der Waals surface area contributed by atoms with Gasteiger partial charge in [-0.15, -0.1) is 22.9 Å². The van der Waals surface area contributed by atoms with Gasteiger partial charge in [0.05, 0.1) is 11.6 Å². The molecule has 0 bridgehead atoms. The van der Waals surface area contributed by atoms with E-state index in [9.17, 15) is 0 Å². The smallest absolute Gasteiger partial charge is 0.0957 e. The molecule has 0 fully saturated rings. The Morgan fingerprint density at radius 3 is 2.92 bits per heavy atom. The molecule has 4 heteroatoms. The van der Waals surface area contributed by atoms with Gasteiger partial charge in [0.2, 0.25) is 0 Å². The van der Waals surface area contributed by atoms with Crippen molar-refractivity contribution < 1.29 is 0 Å². The maximum absolute atomic E-state index is 6.24. The van der Waals surface area contributed by atoms with Crippen molar-refractivity contribution in [3.05, 3.63) is 39.8 Å². The number of nitrogens with zero attached hydrogens (tertiary/aromatic N) is 1. The number of hydrogen-bond donors (Lipinski definition) is 1. The van der Waals surface area contributed by atoms with E-state index in [1.165, 1.54) is 9.75 Å². The molecule has 0 aromatic carbocycles. The molecule has 2 aromatic heterocycles. The third-order valence-electron chi connectivity index (χ3n) is 1.82. The maximum Gasteiger partial charge on any atom is 0.0957 e. The Labute approximate surface area is 85.6 Å². The van der Waals surface area contributed by atoms with Gasteiger partial charge in [-0.05, 0) is 19.1 Å². The zero-order valence-corrected chi connectivity index (χ0v) is 8.69. The molecule has 0 aliphatic carbocycles. The van der Waals surface area contributed by atoms with Crippen LogP contribution in [0.3, 0.4) is 0 Å². The Hall–Kier alpha value is -0.800. The SMILES string of the molecule is Cc1ccc(C(Cl)c2cn[nH]c2)s1. The quantitative estimate of drug-likeness (QED) is 0.762. The summed E-state index contributed by atoms with van der Waals surface area (Å²) in [5.41, 5.74) is 1.02. The van der Waals surface area contributed by atoms with Crippen LogP contribution in [0.2, 0.25) is 0 Å². The molecule has 2 rings (SSSR count). The fourth-order valence-electron chi connectivity index (χ4n) is 1.15. The summed E-state index contributed by atoms with van der Waals surface area (Å²) >= 11 is 7.96. The van der Waals surface area contributed by atoms with Gasteiger partial charge in [-0.2, -0.15) is 5.10 Å². The second kappa shape index (κ2) is 3.52. The Kier molecular flexibility index (Phi) is 2.38. The molecule has 2 nitrogen and oxygen atoms in total. The van der Waals surface area contributed by atoms with E-state index < -0.39 is 0 Å². The van der Waals surface area contributed by atoms with Crippen LogP contribution in [-0.2, 0) is 0 Å². The highest BCUT2D eigenvalue weighted by Crippen LogP contribution is 2.32. The number of hydrogen-bond acceptors (Lipinski definition) is 2. The lowest BCUT2D eigenvalue weighted by molar-refractivity contribution is 1.09. The third-order valence-corrected chi connectivity index (χ3v) is 3.50. The Balaban J connectivity index is 2.28. The lowest BCUT2D eigenvalue weighted by Crippen LogP contribution is -1.85. The Morgan fingerprint density at radius 1 is 1.54 bits per heavy atom. The van der Waals surface area contributed by atoms with Gasteiger partial charge in [0.1, 0.15) is 0 Å². The molecule has 0 saturated heterocycles. The summed E-state index contributed by atoms with van der Waals surface area (Å²) in [4.78, 5) is 2.45. The van der Waals surface area contributed by atoms with E-state index in [1.807, 2.05) is 6.20 Å². The summed E-state index contributed by atoms with van der Waals surface area (Å²) in [6.45, 7) is 2.08. The van der Waals surface area contributed by atoms with Crippen LogP contribution >= 0.6 is 22.9 Å². The minimum Gasteiger partial charge on any atom is -0.285 e. The van der Waals surface area contributed by atoms with E-state index in [-0.39, 0.29) is 5.38 Å². The number of halogens is 1. The van der Waals surface area contributed by atoms with Crippen LogP contribution in [0.25, 0.3) is 0 Å². The summed E-state index contributed by atoms with van der Waals surface area (Å²) in [5, 5.41) is 6.56. The number of nitrogens with one attached hydrogen (secondary N) is 1.